The second kappa shape index (κ2) is 12.6. The fourth-order valence-electron chi connectivity index (χ4n) is 3.41. The molecular formula is C27H28BrClN2O3. The zero-order valence-corrected chi connectivity index (χ0v) is 21.6. The van der Waals surface area contributed by atoms with Gasteiger partial charge in [0.1, 0.15) is 24.7 Å². The lowest BCUT2D eigenvalue weighted by molar-refractivity contribution is -0.119. The van der Waals surface area contributed by atoms with Crippen molar-refractivity contribution < 1.29 is 14.3 Å². The van der Waals surface area contributed by atoms with Crippen LogP contribution in [0.1, 0.15) is 25.0 Å². The van der Waals surface area contributed by atoms with Crippen LogP contribution in [0.2, 0.25) is 5.02 Å². The molecule has 0 aliphatic carbocycles. The number of nitrogens with one attached hydrogen (secondary N) is 2. The number of amides is 1. The highest BCUT2D eigenvalue weighted by Crippen LogP contribution is 2.35. The second-order valence-corrected chi connectivity index (χ2v) is 8.93. The van der Waals surface area contributed by atoms with E-state index in [1.54, 1.807) is 12.1 Å². The molecule has 0 fully saturated rings. The van der Waals surface area contributed by atoms with E-state index in [-0.39, 0.29) is 12.1 Å². The summed E-state index contributed by atoms with van der Waals surface area (Å²) in [5, 5.41) is 6.51. The van der Waals surface area contributed by atoms with Crippen molar-refractivity contribution in [2.75, 3.05) is 6.61 Å². The minimum Gasteiger partial charge on any atom is -0.489 e. The van der Waals surface area contributed by atoms with Gasteiger partial charge < -0.3 is 14.8 Å². The first-order chi connectivity index (χ1) is 16.4. The summed E-state index contributed by atoms with van der Waals surface area (Å²) in [4.78, 5) is 11.3. The topological polar surface area (TPSA) is 59.6 Å². The Morgan fingerprint density at radius 3 is 2.56 bits per heavy atom. The van der Waals surface area contributed by atoms with Crippen molar-refractivity contribution in [3.8, 4) is 22.6 Å². The molecule has 0 aliphatic heterocycles. The molecule has 7 heteroatoms. The molecule has 0 heterocycles. The van der Waals surface area contributed by atoms with Gasteiger partial charge in [0.15, 0.2) is 0 Å². The van der Waals surface area contributed by atoms with Crippen molar-refractivity contribution >= 4 is 33.4 Å². The zero-order chi connectivity index (χ0) is 24.5. The standard InChI is InChI=1S/C27H28BrClN2O3/c1-4-13-33-25-15-26(24(29)14-22(25)16-30-18(2)31-19(3)32)34-17-21-11-8-12-23(27(21)28)20-9-6-5-7-10-20/h4-12,14-15,18,30H,1,13,16-17H2,2-3H3,(H,31,32). The predicted octanol–water partition coefficient (Wildman–Crippen LogP) is 6.49. The van der Waals surface area contributed by atoms with Crippen LogP contribution >= 0.6 is 27.5 Å². The fourth-order valence-corrected chi connectivity index (χ4v) is 4.26. The number of halogens is 2. The SMILES string of the molecule is C=CCOc1cc(OCc2cccc(-c3ccccc3)c2Br)c(Cl)cc1CNC(C)NC(C)=O. The Kier molecular flexibility index (Phi) is 9.57. The molecule has 1 amide bonds. The third kappa shape index (κ3) is 7.10. The largest absolute Gasteiger partial charge is 0.489 e. The maximum atomic E-state index is 11.3. The Bertz CT molecular complexity index is 1140. The first-order valence-electron chi connectivity index (χ1n) is 10.9. The molecule has 34 heavy (non-hydrogen) atoms. The molecule has 0 aromatic heterocycles. The number of rotatable bonds is 11. The van der Waals surface area contributed by atoms with Crippen LogP contribution in [0.15, 0.2) is 77.8 Å². The van der Waals surface area contributed by atoms with Crippen LogP contribution in [0.25, 0.3) is 11.1 Å². The summed E-state index contributed by atoms with van der Waals surface area (Å²) in [5.41, 5.74) is 4.07. The number of carbonyl (C=O) groups is 1. The molecule has 0 saturated carbocycles. The molecular weight excluding hydrogens is 516 g/mol. The van der Waals surface area contributed by atoms with Crippen LogP contribution in [0.4, 0.5) is 0 Å². The summed E-state index contributed by atoms with van der Waals surface area (Å²) in [5.74, 6) is 1.06. The summed E-state index contributed by atoms with van der Waals surface area (Å²) in [6.45, 7) is 8.20. The van der Waals surface area contributed by atoms with Gasteiger partial charge in [-0.2, -0.15) is 0 Å². The van der Waals surface area contributed by atoms with Crippen molar-refractivity contribution in [3.63, 3.8) is 0 Å². The third-order valence-corrected chi connectivity index (χ3v) is 6.27. The van der Waals surface area contributed by atoms with Gasteiger partial charge >= 0.3 is 0 Å². The van der Waals surface area contributed by atoms with Gasteiger partial charge in [-0.05, 0) is 40.0 Å². The van der Waals surface area contributed by atoms with Crippen LogP contribution in [0.3, 0.4) is 0 Å². The molecule has 5 nitrogen and oxygen atoms in total. The molecule has 1 atom stereocenters. The van der Waals surface area contributed by atoms with Crippen molar-refractivity contribution in [3.05, 3.63) is 93.9 Å². The van der Waals surface area contributed by atoms with E-state index in [0.29, 0.717) is 36.3 Å². The first-order valence-corrected chi connectivity index (χ1v) is 12.1. The van der Waals surface area contributed by atoms with Crippen LogP contribution in [-0.4, -0.2) is 18.7 Å². The second-order valence-electron chi connectivity index (χ2n) is 7.73. The number of carbonyl (C=O) groups excluding carboxylic acids is 1. The molecule has 178 valence electrons. The number of hydrogen-bond donors (Lipinski definition) is 2. The van der Waals surface area contributed by atoms with Gasteiger partial charge in [0.25, 0.3) is 0 Å². The van der Waals surface area contributed by atoms with Crippen LogP contribution in [0.5, 0.6) is 11.5 Å². The van der Waals surface area contributed by atoms with Gasteiger partial charge in [0, 0.05) is 35.1 Å². The third-order valence-electron chi connectivity index (χ3n) is 5.04. The number of ether oxygens (including phenoxy) is 2. The molecule has 3 aromatic rings. The van der Waals surface area contributed by atoms with Crippen LogP contribution in [-0.2, 0) is 17.9 Å². The highest BCUT2D eigenvalue weighted by atomic mass is 79.9. The summed E-state index contributed by atoms with van der Waals surface area (Å²) in [6.07, 6.45) is 1.48. The summed E-state index contributed by atoms with van der Waals surface area (Å²) >= 11 is 10.3. The molecule has 1 unspecified atom stereocenters. The van der Waals surface area contributed by atoms with Gasteiger partial charge in [0.05, 0.1) is 11.2 Å². The van der Waals surface area contributed by atoms with E-state index in [4.69, 9.17) is 21.1 Å². The summed E-state index contributed by atoms with van der Waals surface area (Å²) in [6, 6.07) is 19.9. The minimum atomic E-state index is -0.200. The minimum absolute atomic E-state index is 0.104. The monoisotopic (exact) mass is 542 g/mol. The summed E-state index contributed by atoms with van der Waals surface area (Å²) in [7, 11) is 0. The molecule has 0 saturated heterocycles. The molecule has 0 aliphatic rings. The van der Waals surface area contributed by atoms with Crippen molar-refractivity contribution in [1.29, 1.82) is 0 Å². The molecule has 0 radical (unpaired) electrons. The Morgan fingerprint density at radius 2 is 1.85 bits per heavy atom. The van der Waals surface area contributed by atoms with Crippen LogP contribution < -0.4 is 20.1 Å². The number of hydrogen-bond acceptors (Lipinski definition) is 4. The maximum absolute atomic E-state index is 11.3. The Morgan fingerprint density at radius 1 is 1.09 bits per heavy atom. The van der Waals surface area contributed by atoms with E-state index in [2.05, 4.69) is 51.3 Å². The Labute approximate surface area is 214 Å². The highest BCUT2D eigenvalue weighted by Gasteiger charge is 2.14. The predicted molar refractivity (Wildman–Crippen MR) is 141 cm³/mol. The van der Waals surface area contributed by atoms with Crippen molar-refractivity contribution in [2.24, 2.45) is 0 Å². The average molecular weight is 544 g/mol. The van der Waals surface area contributed by atoms with E-state index in [9.17, 15) is 4.79 Å². The number of benzene rings is 3. The molecule has 3 rings (SSSR count). The molecule has 0 bridgehead atoms. The van der Waals surface area contributed by atoms with Crippen molar-refractivity contribution in [2.45, 2.75) is 33.2 Å². The normalized spacial score (nSPS) is 11.5. The summed E-state index contributed by atoms with van der Waals surface area (Å²) < 4.78 is 12.9. The Balaban J connectivity index is 1.78. The molecule has 2 N–H and O–H groups in total. The van der Waals surface area contributed by atoms with Gasteiger partial charge in [-0.25, -0.2) is 0 Å². The molecule has 0 spiro atoms. The van der Waals surface area contributed by atoms with Gasteiger partial charge in [-0.15, -0.1) is 0 Å². The lowest BCUT2D eigenvalue weighted by Crippen LogP contribution is -2.41. The van der Waals surface area contributed by atoms with Gasteiger partial charge in [0.2, 0.25) is 5.91 Å². The van der Waals surface area contributed by atoms with E-state index >= 15 is 0 Å². The van der Waals surface area contributed by atoms with Crippen LogP contribution in [0, 0.1) is 0 Å². The van der Waals surface area contributed by atoms with Gasteiger partial charge in [-0.3, -0.25) is 10.1 Å². The van der Waals surface area contributed by atoms with E-state index in [1.807, 2.05) is 43.3 Å². The first kappa shape index (κ1) is 25.8. The van der Waals surface area contributed by atoms with E-state index < -0.39 is 0 Å². The zero-order valence-electron chi connectivity index (χ0n) is 19.2. The lowest BCUT2D eigenvalue weighted by atomic mass is 10.0. The fraction of sp³-hybridized carbons (Fsp3) is 0.222. The van der Waals surface area contributed by atoms with E-state index in [0.717, 1.165) is 26.7 Å². The quantitative estimate of drug-likeness (QED) is 0.214. The Hall–Kier alpha value is -2.80. The lowest BCUT2D eigenvalue weighted by Gasteiger charge is -2.18. The average Bonchev–Trinajstić information content (AvgIpc) is 2.82. The highest BCUT2D eigenvalue weighted by molar-refractivity contribution is 9.10. The maximum Gasteiger partial charge on any atom is 0.218 e. The smallest absolute Gasteiger partial charge is 0.218 e. The van der Waals surface area contributed by atoms with Crippen molar-refractivity contribution in [1.82, 2.24) is 10.6 Å². The van der Waals surface area contributed by atoms with E-state index in [1.165, 1.54) is 6.92 Å². The molecule has 3 aromatic carbocycles. The van der Waals surface area contributed by atoms with Gasteiger partial charge in [-0.1, -0.05) is 72.8 Å².